The number of rotatable bonds is 6. The van der Waals surface area contributed by atoms with Crippen molar-refractivity contribution in [3.05, 3.63) is 41.7 Å². The van der Waals surface area contributed by atoms with E-state index in [0.717, 1.165) is 0 Å². The van der Waals surface area contributed by atoms with Crippen molar-refractivity contribution >= 4 is 29.1 Å². The maximum atomic E-state index is 13.2. The van der Waals surface area contributed by atoms with Crippen LogP contribution in [0.5, 0.6) is 0 Å². The first kappa shape index (κ1) is 15.5. The monoisotopic (exact) mass is 312 g/mol. The number of cyclic esters (lactones) is 1. The van der Waals surface area contributed by atoms with Crippen LogP contribution in [0.15, 0.2) is 30.3 Å². The molecule has 0 aliphatic carbocycles. The number of ether oxygens (including phenoxy) is 2. The third-order valence-corrected chi connectivity index (χ3v) is 3.16. The summed E-state index contributed by atoms with van der Waals surface area (Å²) >= 11 is 5.47. The molecule has 1 heterocycles. The fourth-order valence-electron chi connectivity index (χ4n) is 1.90. The van der Waals surface area contributed by atoms with Crippen LogP contribution in [0.4, 0.5) is 4.39 Å². The number of carbonyl (C=O) groups is 2. The van der Waals surface area contributed by atoms with Crippen molar-refractivity contribution in [3.63, 3.8) is 0 Å². The van der Waals surface area contributed by atoms with Gasteiger partial charge in [-0.25, -0.2) is 9.18 Å². The van der Waals surface area contributed by atoms with Gasteiger partial charge in [-0.2, -0.15) is 0 Å². The van der Waals surface area contributed by atoms with E-state index >= 15 is 0 Å². The van der Waals surface area contributed by atoms with Gasteiger partial charge in [-0.1, -0.05) is 12.1 Å². The zero-order chi connectivity index (χ0) is 15.2. The summed E-state index contributed by atoms with van der Waals surface area (Å²) in [5.41, 5.74) is 0.715. The summed E-state index contributed by atoms with van der Waals surface area (Å²) < 4.78 is 23.2. The highest BCUT2D eigenvalue weighted by atomic mass is 35.5. The highest BCUT2D eigenvalue weighted by Crippen LogP contribution is 2.24. The van der Waals surface area contributed by atoms with E-state index in [-0.39, 0.29) is 24.6 Å². The number of alkyl halides is 1. The summed E-state index contributed by atoms with van der Waals surface area (Å²) in [6.45, 7) is -0.0499. The molecule has 1 atom stereocenters. The van der Waals surface area contributed by atoms with Gasteiger partial charge < -0.3 is 9.47 Å². The van der Waals surface area contributed by atoms with E-state index in [1.165, 1.54) is 24.3 Å². The summed E-state index contributed by atoms with van der Waals surface area (Å²) in [4.78, 5) is 23.1. The Hall–Kier alpha value is -1.88. The number of hydrogen-bond donors (Lipinski definition) is 0. The Bertz CT molecular complexity index is 571. The Kier molecular flexibility index (Phi) is 5.33. The van der Waals surface area contributed by atoms with Crippen molar-refractivity contribution in [2.75, 3.05) is 12.5 Å². The van der Waals surface area contributed by atoms with E-state index in [1.807, 2.05) is 0 Å². The number of esters is 2. The molecule has 4 nitrogen and oxygen atoms in total. The van der Waals surface area contributed by atoms with Crippen LogP contribution in [0.2, 0.25) is 0 Å². The third kappa shape index (κ3) is 4.29. The Labute approximate surface area is 126 Å². The molecule has 1 unspecified atom stereocenters. The lowest BCUT2D eigenvalue weighted by molar-refractivity contribution is -0.151. The predicted octanol–water partition coefficient (Wildman–Crippen LogP) is 2.70. The molecule has 0 saturated carbocycles. The zero-order valence-corrected chi connectivity index (χ0v) is 11.9. The molecule has 2 rings (SSSR count). The minimum absolute atomic E-state index is 0.0499. The Morgan fingerprint density at radius 1 is 1.43 bits per heavy atom. The average Bonchev–Trinajstić information content (AvgIpc) is 2.84. The van der Waals surface area contributed by atoms with Crippen molar-refractivity contribution in [2.45, 2.75) is 18.9 Å². The summed E-state index contributed by atoms with van der Waals surface area (Å²) in [7, 11) is 0. The molecule has 112 valence electrons. The van der Waals surface area contributed by atoms with E-state index in [0.29, 0.717) is 17.9 Å². The minimum atomic E-state index is -0.643. The van der Waals surface area contributed by atoms with Crippen LogP contribution in [0.1, 0.15) is 18.4 Å². The molecule has 0 saturated heterocycles. The molecule has 1 aromatic rings. The molecule has 0 fully saturated rings. The van der Waals surface area contributed by atoms with Crippen molar-refractivity contribution in [2.24, 2.45) is 0 Å². The molecule has 1 aromatic carbocycles. The summed E-state index contributed by atoms with van der Waals surface area (Å²) in [6.07, 6.45) is 1.65. The van der Waals surface area contributed by atoms with Gasteiger partial charge in [-0.05, 0) is 30.2 Å². The zero-order valence-electron chi connectivity index (χ0n) is 11.2. The van der Waals surface area contributed by atoms with Gasteiger partial charge in [0.2, 0.25) is 0 Å². The molecule has 0 spiro atoms. The Balaban J connectivity index is 1.96. The quantitative estimate of drug-likeness (QED) is 0.598. The van der Waals surface area contributed by atoms with Crippen molar-refractivity contribution in [1.29, 1.82) is 0 Å². The second-order valence-corrected chi connectivity index (χ2v) is 4.89. The molecule has 0 bridgehead atoms. The maximum absolute atomic E-state index is 13.2. The minimum Gasteiger partial charge on any atom is -0.461 e. The second-order valence-electron chi connectivity index (χ2n) is 4.51. The molecular weight excluding hydrogens is 299 g/mol. The van der Waals surface area contributed by atoms with E-state index in [9.17, 15) is 14.0 Å². The van der Waals surface area contributed by atoms with Crippen LogP contribution in [-0.2, 0) is 19.1 Å². The van der Waals surface area contributed by atoms with Gasteiger partial charge in [0, 0.05) is 12.3 Å². The van der Waals surface area contributed by atoms with Crippen molar-refractivity contribution in [1.82, 2.24) is 0 Å². The van der Waals surface area contributed by atoms with Crippen LogP contribution in [-0.4, -0.2) is 30.5 Å². The van der Waals surface area contributed by atoms with Gasteiger partial charge in [0.1, 0.15) is 12.4 Å². The van der Waals surface area contributed by atoms with Gasteiger partial charge in [0.25, 0.3) is 0 Å². The van der Waals surface area contributed by atoms with Gasteiger partial charge >= 0.3 is 11.9 Å². The lowest BCUT2D eigenvalue weighted by atomic mass is 10.1. The van der Waals surface area contributed by atoms with E-state index in [2.05, 4.69) is 0 Å². The molecule has 6 heteroatoms. The highest BCUT2D eigenvalue weighted by Gasteiger charge is 2.27. The molecule has 1 aliphatic rings. The Morgan fingerprint density at radius 3 is 2.95 bits per heavy atom. The molecule has 0 N–H and O–H groups in total. The smallest absolute Gasteiger partial charge is 0.339 e. The molecular formula is C15H14ClFO4. The van der Waals surface area contributed by atoms with E-state index in [4.69, 9.17) is 21.1 Å². The first-order valence-corrected chi connectivity index (χ1v) is 7.04. The summed E-state index contributed by atoms with van der Waals surface area (Å²) in [5, 5.41) is 0. The topological polar surface area (TPSA) is 52.6 Å². The SMILES string of the molecule is O=C(CCCCl)OCC1C=C(c2cccc(F)c2)C(=O)O1. The highest BCUT2D eigenvalue weighted by molar-refractivity contribution is 6.18. The number of hydrogen-bond acceptors (Lipinski definition) is 4. The molecule has 0 aromatic heterocycles. The molecule has 0 amide bonds. The third-order valence-electron chi connectivity index (χ3n) is 2.89. The standard InChI is InChI=1S/C15H14ClFO4/c16-6-2-5-14(18)20-9-12-8-13(15(19)21-12)10-3-1-4-11(17)7-10/h1,3-4,7-8,12H,2,5-6,9H2. The van der Waals surface area contributed by atoms with Gasteiger partial charge in [0.05, 0.1) is 5.57 Å². The largest absolute Gasteiger partial charge is 0.461 e. The van der Waals surface area contributed by atoms with E-state index in [1.54, 1.807) is 6.07 Å². The molecule has 0 radical (unpaired) electrons. The normalized spacial score (nSPS) is 17.3. The van der Waals surface area contributed by atoms with E-state index < -0.39 is 17.9 Å². The molecule has 1 aliphatic heterocycles. The number of benzene rings is 1. The lowest BCUT2D eigenvalue weighted by Crippen LogP contribution is -2.18. The number of carbonyl (C=O) groups excluding carboxylic acids is 2. The van der Waals surface area contributed by atoms with Crippen LogP contribution < -0.4 is 0 Å². The summed E-state index contributed by atoms with van der Waals surface area (Å²) in [5.74, 6) is -0.990. The summed E-state index contributed by atoms with van der Waals surface area (Å²) in [6, 6.07) is 5.67. The predicted molar refractivity (Wildman–Crippen MR) is 75.2 cm³/mol. The van der Waals surface area contributed by atoms with Crippen molar-refractivity contribution in [3.8, 4) is 0 Å². The van der Waals surface area contributed by atoms with Gasteiger partial charge in [-0.15, -0.1) is 11.6 Å². The lowest BCUT2D eigenvalue weighted by Gasteiger charge is -2.08. The fourth-order valence-corrected chi connectivity index (χ4v) is 2.03. The average molecular weight is 313 g/mol. The maximum Gasteiger partial charge on any atom is 0.339 e. The Morgan fingerprint density at radius 2 is 2.24 bits per heavy atom. The van der Waals surface area contributed by atoms with Crippen LogP contribution in [0.3, 0.4) is 0 Å². The van der Waals surface area contributed by atoms with Crippen LogP contribution >= 0.6 is 11.6 Å². The molecule has 21 heavy (non-hydrogen) atoms. The first-order chi connectivity index (χ1) is 10.1. The number of halogens is 2. The van der Waals surface area contributed by atoms with Gasteiger partial charge in [-0.3, -0.25) is 4.79 Å². The van der Waals surface area contributed by atoms with Gasteiger partial charge in [0.15, 0.2) is 6.10 Å². The van der Waals surface area contributed by atoms with Crippen LogP contribution in [0, 0.1) is 5.82 Å². The first-order valence-electron chi connectivity index (χ1n) is 6.50. The fraction of sp³-hybridized carbons (Fsp3) is 0.333. The second kappa shape index (κ2) is 7.22. The van der Waals surface area contributed by atoms with Crippen molar-refractivity contribution < 1.29 is 23.5 Å². The van der Waals surface area contributed by atoms with Crippen LogP contribution in [0.25, 0.3) is 5.57 Å².